The molecule has 3 heterocycles. The molecule has 1 saturated heterocycles. The van der Waals surface area contributed by atoms with Crippen molar-refractivity contribution in [3.8, 4) is 5.75 Å². The van der Waals surface area contributed by atoms with Crippen LogP contribution in [-0.2, 0) is 6.42 Å². The Balaban J connectivity index is 1.32. The summed E-state index contributed by atoms with van der Waals surface area (Å²) in [5.74, 6) is 1.19. The third-order valence-electron chi connectivity index (χ3n) is 5.70. The number of carbonyl (C=O) groups excluding carboxylic acids is 1. The Bertz CT molecular complexity index is 1060. The second-order valence-electron chi connectivity index (χ2n) is 8.24. The fourth-order valence-electron chi connectivity index (χ4n) is 3.82. The van der Waals surface area contributed by atoms with Crippen LogP contribution in [-0.4, -0.2) is 35.6 Å². The minimum absolute atomic E-state index is 0.0671. The van der Waals surface area contributed by atoms with E-state index in [1.54, 1.807) is 17.5 Å². The van der Waals surface area contributed by atoms with Crippen molar-refractivity contribution in [2.45, 2.75) is 26.7 Å². The maximum atomic E-state index is 12.6. The molecule has 3 aromatic rings. The molecule has 1 aliphatic heterocycles. The lowest BCUT2D eigenvalue weighted by atomic mass is 9.91. The van der Waals surface area contributed by atoms with Crippen LogP contribution >= 0.6 is 11.3 Å². The number of nitrogens with one attached hydrogen (secondary N) is 1. The number of anilines is 1. The van der Waals surface area contributed by atoms with Crippen LogP contribution in [0.25, 0.3) is 6.08 Å². The number of aromatic nitrogens is 1. The van der Waals surface area contributed by atoms with E-state index in [2.05, 4.69) is 52.3 Å². The van der Waals surface area contributed by atoms with Gasteiger partial charge in [0.2, 0.25) is 0 Å². The quantitative estimate of drug-likeness (QED) is 0.502. The van der Waals surface area contributed by atoms with E-state index in [1.165, 1.54) is 11.1 Å². The summed E-state index contributed by atoms with van der Waals surface area (Å²) >= 11 is 1.72. The normalized spacial score (nSPS) is 17.4. The van der Waals surface area contributed by atoms with Crippen LogP contribution in [0.2, 0.25) is 0 Å². The maximum absolute atomic E-state index is 12.6. The Hall–Kier alpha value is -3.12. The Morgan fingerprint density at radius 3 is 2.97 bits per heavy atom. The number of likely N-dealkylation sites (tertiary alicyclic amines) is 1. The van der Waals surface area contributed by atoms with Gasteiger partial charge in [-0.05, 0) is 71.5 Å². The van der Waals surface area contributed by atoms with Crippen molar-refractivity contribution in [1.82, 2.24) is 9.88 Å². The summed E-state index contributed by atoms with van der Waals surface area (Å²) in [4.78, 5) is 18.8. The zero-order chi connectivity index (χ0) is 22.3. The van der Waals surface area contributed by atoms with Crippen LogP contribution in [0.5, 0.6) is 5.75 Å². The number of ether oxygens (including phenoxy) is 1. The summed E-state index contributed by atoms with van der Waals surface area (Å²) in [6.07, 6.45) is 5.73. The number of pyridine rings is 1. The molecule has 1 aliphatic rings. The third kappa shape index (κ3) is 5.98. The Morgan fingerprint density at radius 2 is 2.22 bits per heavy atom. The maximum Gasteiger partial charge on any atom is 0.321 e. The largest absolute Gasteiger partial charge is 0.493 e. The molecule has 32 heavy (non-hydrogen) atoms. The predicted molar refractivity (Wildman–Crippen MR) is 131 cm³/mol. The number of benzene rings is 1. The topological polar surface area (TPSA) is 54.5 Å². The highest BCUT2D eigenvalue weighted by Crippen LogP contribution is 2.26. The second kappa shape index (κ2) is 10.5. The monoisotopic (exact) mass is 447 g/mol. The summed E-state index contributed by atoms with van der Waals surface area (Å²) in [6.45, 7) is 6.19. The molecule has 1 aromatic carbocycles. The van der Waals surface area contributed by atoms with Crippen molar-refractivity contribution < 1.29 is 9.53 Å². The van der Waals surface area contributed by atoms with Crippen LogP contribution in [0.4, 0.5) is 10.5 Å². The van der Waals surface area contributed by atoms with Crippen molar-refractivity contribution in [2.24, 2.45) is 5.92 Å². The van der Waals surface area contributed by atoms with Crippen molar-refractivity contribution in [3.05, 3.63) is 81.8 Å². The molecule has 1 fully saturated rings. The van der Waals surface area contributed by atoms with Crippen LogP contribution in [0.15, 0.2) is 65.0 Å². The molecule has 166 valence electrons. The summed E-state index contributed by atoms with van der Waals surface area (Å²) in [7, 11) is 0. The van der Waals surface area contributed by atoms with Gasteiger partial charge in [0.1, 0.15) is 5.75 Å². The molecule has 2 amide bonds. The smallest absolute Gasteiger partial charge is 0.321 e. The molecule has 4 rings (SSSR count). The van der Waals surface area contributed by atoms with Crippen molar-refractivity contribution in [2.75, 3.05) is 25.0 Å². The zero-order valence-corrected chi connectivity index (χ0v) is 19.4. The second-order valence-corrected chi connectivity index (χ2v) is 9.02. The van der Waals surface area contributed by atoms with E-state index < -0.39 is 0 Å². The summed E-state index contributed by atoms with van der Waals surface area (Å²) in [5.41, 5.74) is 5.48. The van der Waals surface area contributed by atoms with Gasteiger partial charge in [-0.25, -0.2) is 4.79 Å². The first-order valence-corrected chi connectivity index (χ1v) is 11.9. The molecule has 5 nitrogen and oxygen atoms in total. The first-order valence-electron chi connectivity index (χ1n) is 11.0. The van der Waals surface area contributed by atoms with E-state index in [0.29, 0.717) is 25.6 Å². The first kappa shape index (κ1) is 22.1. The molecular weight excluding hydrogens is 418 g/mol. The predicted octanol–water partition coefficient (Wildman–Crippen LogP) is 6.03. The number of piperidine rings is 1. The lowest BCUT2D eigenvalue weighted by Crippen LogP contribution is -2.42. The van der Waals surface area contributed by atoms with Gasteiger partial charge in [0.15, 0.2) is 0 Å². The van der Waals surface area contributed by atoms with Gasteiger partial charge in [-0.1, -0.05) is 30.7 Å². The number of thiophene rings is 1. The number of hydrogen-bond acceptors (Lipinski definition) is 4. The molecular formula is C26H29N3O2S. The Labute approximate surface area is 193 Å². The highest BCUT2D eigenvalue weighted by Gasteiger charge is 2.24. The Kier molecular flexibility index (Phi) is 7.22. The number of aryl methyl sites for hydroxylation is 1. The molecule has 2 aromatic heterocycles. The van der Waals surface area contributed by atoms with Gasteiger partial charge >= 0.3 is 6.03 Å². The number of nitrogens with zero attached hydrogens (tertiary/aromatic N) is 2. The van der Waals surface area contributed by atoms with Gasteiger partial charge in [0.25, 0.3) is 0 Å². The zero-order valence-electron chi connectivity index (χ0n) is 18.6. The molecule has 1 atom stereocenters. The van der Waals surface area contributed by atoms with E-state index in [9.17, 15) is 4.79 Å². The van der Waals surface area contributed by atoms with Gasteiger partial charge in [-0.3, -0.25) is 4.98 Å². The molecule has 0 bridgehead atoms. The number of urea groups is 1. The average molecular weight is 448 g/mol. The lowest BCUT2D eigenvalue weighted by Gasteiger charge is -2.33. The van der Waals surface area contributed by atoms with E-state index in [0.717, 1.165) is 35.5 Å². The van der Waals surface area contributed by atoms with Crippen LogP contribution in [0.3, 0.4) is 0 Å². The lowest BCUT2D eigenvalue weighted by molar-refractivity contribution is 0.198. The van der Waals surface area contributed by atoms with Crippen LogP contribution in [0.1, 0.15) is 30.2 Å². The molecule has 0 aliphatic carbocycles. The van der Waals surface area contributed by atoms with Gasteiger partial charge in [0, 0.05) is 25.2 Å². The average Bonchev–Trinajstić information content (AvgIpc) is 3.30. The molecule has 1 unspecified atom stereocenters. The van der Waals surface area contributed by atoms with Crippen LogP contribution in [0, 0.1) is 12.8 Å². The minimum Gasteiger partial charge on any atom is -0.493 e. The van der Waals surface area contributed by atoms with Crippen molar-refractivity contribution >= 4 is 29.1 Å². The van der Waals surface area contributed by atoms with E-state index in [1.807, 2.05) is 36.1 Å². The van der Waals surface area contributed by atoms with Gasteiger partial charge in [0.05, 0.1) is 18.5 Å². The number of rotatable bonds is 6. The highest BCUT2D eigenvalue weighted by molar-refractivity contribution is 7.07. The number of amides is 2. The van der Waals surface area contributed by atoms with Gasteiger partial charge in [-0.2, -0.15) is 11.3 Å². The van der Waals surface area contributed by atoms with Crippen molar-refractivity contribution in [3.63, 3.8) is 0 Å². The first-order chi connectivity index (χ1) is 15.6. The van der Waals surface area contributed by atoms with E-state index >= 15 is 0 Å². The molecule has 0 saturated carbocycles. The molecule has 6 heteroatoms. The van der Waals surface area contributed by atoms with Crippen LogP contribution < -0.4 is 10.1 Å². The highest BCUT2D eigenvalue weighted by atomic mass is 32.1. The number of carbonyl (C=O) groups is 1. The third-order valence-corrected chi connectivity index (χ3v) is 6.43. The van der Waals surface area contributed by atoms with E-state index in [4.69, 9.17) is 4.74 Å². The summed E-state index contributed by atoms with van der Waals surface area (Å²) in [6, 6.07) is 14.1. The molecule has 0 spiro atoms. The van der Waals surface area contributed by atoms with E-state index in [-0.39, 0.29) is 6.03 Å². The minimum atomic E-state index is -0.0671. The SMILES string of the molecule is Cc1ccc(NC(=O)N2CC/C(=C\c3cccc(OCCc4ccsc4)c3)C(C)C2)cn1. The van der Waals surface area contributed by atoms with Gasteiger partial charge in [-0.15, -0.1) is 0 Å². The Morgan fingerprint density at radius 1 is 1.31 bits per heavy atom. The van der Waals surface area contributed by atoms with Gasteiger partial charge < -0.3 is 15.0 Å². The molecule has 1 N–H and O–H groups in total. The molecule has 0 radical (unpaired) electrons. The standard InChI is InChI=1S/C26H29N3O2S/c1-19-17-29(26(30)28-24-7-6-20(2)27-16-24)11-8-23(19)14-22-4-3-5-25(15-22)31-12-9-21-10-13-32-18-21/h3-7,10,13-16,18-19H,8-9,11-12,17H2,1-2H3,(H,28,30)/b23-14+. The van der Waals surface area contributed by atoms with Crippen molar-refractivity contribution in [1.29, 1.82) is 0 Å². The fourth-order valence-corrected chi connectivity index (χ4v) is 4.53. The summed E-state index contributed by atoms with van der Waals surface area (Å²) in [5, 5.41) is 7.21. The summed E-state index contributed by atoms with van der Waals surface area (Å²) < 4.78 is 5.96. The number of hydrogen-bond donors (Lipinski definition) is 1. The fraction of sp³-hybridized carbons (Fsp3) is 0.308.